The zero-order valence-corrected chi connectivity index (χ0v) is 10.3. The largest absolute Gasteiger partial charge is 0.396 e. The molecular weight excluding hydrogens is 250 g/mol. The third-order valence-electron chi connectivity index (χ3n) is 3.62. The van der Waals surface area contributed by atoms with E-state index in [1.807, 2.05) is 4.90 Å². The molecule has 3 rings (SSSR count). The van der Waals surface area contributed by atoms with Crippen molar-refractivity contribution in [1.82, 2.24) is 4.98 Å². The van der Waals surface area contributed by atoms with Crippen LogP contribution in [-0.4, -0.2) is 29.8 Å². The van der Waals surface area contributed by atoms with Crippen LogP contribution in [0.1, 0.15) is 6.42 Å². The first-order valence-corrected chi connectivity index (χ1v) is 6.28. The summed E-state index contributed by atoms with van der Waals surface area (Å²) in [5, 5.41) is 9.66. The number of halogens is 2. The van der Waals surface area contributed by atoms with Crippen molar-refractivity contribution in [1.29, 1.82) is 0 Å². The smallest absolute Gasteiger partial charge is 0.152 e. The molecule has 100 valence electrons. The number of aliphatic hydroxyl groups is 1. The molecule has 1 saturated heterocycles. The van der Waals surface area contributed by atoms with Gasteiger partial charge in [0.15, 0.2) is 5.82 Å². The van der Waals surface area contributed by atoms with Crippen LogP contribution in [-0.2, 0) is 0 Å². The molecule has 0 radical (unpaired) electrons. The molecule has 2 aromatic rings. The second-order valence-corrected chi connectivity index (χ2v) is 4.90. The number of aromatic nitrogens is 1. The van der Waals surface area contributed by atoms with Gasteiger partial charge >= 0.3 is 0 Å². The lowest BCUT2D eigenvalue weighted by Crippen LogP contribution is -2.21. The lowest BCUT2D eigenvalue weighted by atomic mass is 10.1. The van der Waals surface area contributed by atoms with Crippen LogP contribution < -0.4 is 4.90 Å². The summed E-state index contributed by atoms with van der Waals surface area (Å²) in [6.45, 7) is 1.62. The first kappa shape index (κ1) is 12.3. The summed E-state index contributed by atoms with van der Waals surface area (Å²) in [7, 11) is 0. The van der Waals surface area contributed by atoms with Crippen molar-refractivity contribution in [2.24, 2.45) is 5.92 Å². The number of nitrogens with zero attached hydrogens (tertiary/aromatic N) is 2. The van der Waals surface area contributed by atoms with Crippen LogP contribution in [0.2, 0.25) is 0 Å². The van der Waals surface area contributed by atoms with Crippen LogP contribution >= 0.6 is 0 Å². The summed E-state index contributed by atoms with van der Waals surface area (Å²) in [5.41, 5.74) is 0.964. The van der Waals surface area contributed by atoms with Crippen LogP contribution in [0.15, 0.2) is 24.4 Å². The monoisotopic (exact) mass is 264 g/mol. The molecule has 1 aromatic carbocycles. The number of fused-ring (bicyclic) bond motifs is 1. The van der Waals surface area contributed by atoms with E-state index in [2.05, 4.69) is 4.98 Å². The van der Waals surface area contributed by atoms with Crippen LogP contribution in [0.4, 0.5) is 14.5 Å². The van der Waals surface area contributed by atoms with E-state index in [-0.39, 0.29) is 18.0 Å². The van der Waals surface area contributed by atoms with E-state index in [9.17, 15) is 13.9 Å². The third kappa shape index (κ3) is 2.14. The lowest BCUT2D eigenvalue weighted by Gasteiger charge is -2.20. The normalized spacial score (nSPS) is 19.3. The van der Waals surface area contributed by atoms with Crippen LogP contribution in [0, 0.1) is 17.6 Å². The van der Waals surface area contributed by atoms with E-state index < -0.39 is 11.6 Å². The number of pyridine rings is 1. The molecule has 0 aliphatic carbocycles. The molecule has 1 unspecified atom stereocenters. The van der Waals surface area contributed by atoms with E-state index >= 15 is 0 Å². The number of hydrogen-bond acceptors (Lipinski definition) is 3. The fraction of sp³-hybridized carbons (Fsp3) is 0.357. The van der Waals surface area contributed by atoms with Crippen LogP contribution in [0.5, 0.6) is 0 Å². The second kappa shape index (κ2) is 4.74. The Kier molecular flexibility index (Phi) is 3.06. The molecule has 0 saturated carbocycles. The maximum atomic E-state index is 13.7. The van der Waals surface area contributed by atoms with E-state index in [0.717, 1.165) is 24.7 Å². The van der Waals surface area contributed by atoms with Crippen molar-refractivity contribution < 1.29 is 13.9 Å². The molecule has 1 aliphatic rings. The third-order valence-corrected chi connectivity index (χ3v) is 3.62. The minimum absolute atomic E-state index is 0.141. The van der Waals surface area contributed by atoms with Crippen molar-refractivity contribution in [2.75, 3.05) is 24.6 Å². The minimum atomic E-state index is -0.644. The fourth-order valence-electron chi connectivity index (χ4n) is 2.64. The highest BCUT2D eigenvalue weighted by molar-refractivity contribution is 5.92. The van der Waals surface area contributed by atoms with Crippen molar-refractivity contribution in [3.8, 4) is 0 Å². The summed E-state index contributed by atoms with van der Waals surface area (Å²) in [5.74, 6) is -1.02. The van der Waals surface area contributed by atoms with Crippen molar-refractivity contribution >= 4 is 16.6 Å². The van der Waals surface area contributed by atoms with Crippen LogP contribution in [0.25, 0.3) is 10.9 Å². The Morgan fingerprint density at radius 3 is 2.95 bits per heavy atom. The highest BCUT2D eigenvalue weighted by atomic mass is 19.1. The average Bonchev–Trinajstić information content (AvgIpc) is 2.86. The highest BCUT2D eigenvalue weighted by Crippen LogP contribution is 2.31. The van der Waals surface area contributed by atoms with Gasteiger partial charge in [0, 0.05) is 49.0 Å². The van der Waals surface area contributed by atoms with Gasteiger partial charge in [-0.2, -0.15) is 0 Å². The molecule has 19 heavy (non-hydrogen) atoms. The van der Waals surface area contributed by atoms with Gasteiger partial charge in [-0.05, 0) is 18.6 Å². The molecule has 1 aromatic heterocycles. The molecule has 1 fully saturated rings. The summed E-state index contributed by atoms with van der Waals surface area (Å²) >= 11 is 0. The maximum Gasteiger partial charge on any atom is 0.152 e. The summed E-state index contributed by atoms with van der Waals surface area (Å²) in [4.78, 5) is 6.02. The second-order valence-electron chi connectivity index (χ2n) is 4.90. The lowest BCUT2D eigenvalue weighted by molar-refractivity contribution is 0.238. The molecular formula is C14H14F2N2O. The van der Waals surface area contributed by atoms with E-state index in [1.54, 1.807) is 6.07 Å². The van der Waals surface area contributed by atoms with Gasteiger partial charge < -0.3 is 10.0 Å². The summed E-state index contributed by atoms with van der Waals surface area (Å²) in [6.07, 6.45) is 2.42. The van der Waals surface area contributed by atoms with Gasteiger partial charge in [0.05, 0.1) is 0 Å². The molecule has 0 spiro atoms. The molecule has 1 aliphatic heterocycles. The fourth-order valence-corrected chi connectivity index (χ4v) is 2.64. The van der Waals surface area contributed by atoms with Crippen LogP contribution in [0.3, 0.4) is 0 Å². The topological polar surface area (TPSA) is 36.4 Å². The Hall–Kier alpha value is -1.75. The molecule has 0 bridgehead atoms. The number of aliphatic hydroxyl groups excluding tert-OH is 1. The molecule has 0 amide bonds. The maximum absolute atomic E-state index is 13.7. The number of rotatable bonds is 2. The molecule has 3 nitrogen and oxygen atoms in total. The van der Waals surface area contributed by atoms with E-state index in [0.29, 0.717) is 11.9 Å². The van der Waals surface area contributed by atoms with Gasteiger partial charge in [-0.15, -0.1) is 0 Å². The Balaban J connectivity index is 2.09. The number of benzene rings is 1. The zero-order chi connectivity index (χ0) is 13.4. The predicted octanol–water partition coefficient (Wildman–Crippen LogP) is 2.33. The molecule has 5 heteroatoms. The Bertz CT molecular complexity index is 618. The minimum Gasteiger partial charge on any atom is -0.396 e. The highest BCUT2D eigenvalue weighted by Gasteiger charge is 2.23. The van der Waals surface area contributed by atoms with Gasteiger partial charge in [-0.1, -0.05) is 0 Å². The van der Waals surface area contributed by atoms with Crippen molar-refractivity contribution in [3.05, 3.63) is 36.0 Å². The SMILES string of the molecule is OCC1CCN(c2ccnc3c(F)cc(F)cc23)C1. The summed E-state index contributed by atoms with van der Waals surface area (Å²) < 4.78 is 27.1. The number of hydrogen-bond donors (Lipinski definition) is 1. The molecule has 1 N–H and O–H groups in total. The van der Waals surface area contributed by atoms with Gasteiger partial charge in [0.25, 0.3) is 0 Å². The molecule has 1 atom stereocenters. The van der Waals surface area contributed by atoms with Gasteiger partial charge in [-0.3, -0.25) is 4.98 Å². The Labute approximate surface area is 109 Å². The van der Waals surface area contributed by atoms with Crippen molar-refractivity contribution in [2.45, 2.75) is 6.42 Å². The Morgan fingerprint density at radius 2 is 2.21 bits per heavy atom. The zero-order valence-electron chi connectivity index (χ0n) is 10.3. The standard InChI is InChI=1S/C14H14F2N2O/c15-10-5-11-13(18-4-2-9(7-18)8-19)1-3-17-14(11)12(16)6-10/h1,3,5-6,9,19H,2,4,7-8H2. The summed E-state index contributed by atoms with van der Waals surface area (Å²) in [6, 6.07) is 3.92. The first-order chi connectivity index (χ1) is 9.19. The first-order valence-electron chi connectivity index (χ1n) is 6.28. The average molecular weight is 264 g/mol. The number of anilines is 1. The van der Waals surface area contributed by atoms with Gasteiger partial charge in [-0.25, -0.2) is 8.78 Å². The Morgan fingerprint density at radius 1 is 1.37 bits per heavy atom. The van der Waals surface area contributed by atoms with E-state index in [4.69, 9.17) is 0 Å². The van der Waals surface area contributed by atoms with Gasteiger partial charge in [0.2, 0.25) is 0 Å². The molecule has 2 heterocycles. The van der Waals surface area contributed by atoms with E-state index in [1.165, 1.54) is 12.3 Å². The quantitative estimate of drug-likeness (QED) is 0.904. The van der Waals surface area contributed by atoms with Gasteiger partial charge in [0.1, 0.15) is 11.3 Å². The predicted molar refractivity (Wildman–Crippen MR) is 69.1 cm³/mol. The van der Waals surface area contributed by atoms with Crippen molar-refractivity contribution in [3.63, 3.8) is 0 Å².